The zero-order valence-corrected chi connectivity index (χ0v) is 14.6. The molecule has 0 saturated heterocycles. The average Bonchev–Trinajstić information content (AvgIpc) is 3.10. The van der Waals surface area contributed by atoms with Gasteiger partial charge in [-0.05, 0) is 25.1 Å². The first-order valence-electron chi connectivity index (χ1n) is 8.06. The number of ketones is 1. The summed E-state index contributed by atoms with van der Waals surface area (Å²) in [5, 5.41) is 11.8. The summed E-state index contributed by atoms with van der Waals surface area (Å²) in [6.07, 6.45) is 0.508. The molecule has 1 aromatic heterocycles. The first-order valence-corrected chi connectivity index (χ1v) is 8.06. The quantitative estimate of drug-likeness (QED) is 0.308. The number of aromatic nitrogens is 1. The van der Waals surface area contributed by atoms with E-state index in [4.69, 9.17) is 9.47 Å². The van der Waals surface area contributed by atoms with E-state index >= 15 is 0 Å². The Labute approximate surface area is 153 Å². The topological polar surface area (TPSA) is 112 Å². The van der Waals surface area contributed by atoms with Crippen molar-refractivity contribution < 1.29 is 24.0 Å². The summed E-state index contributed by atoms with van der Waals surface area (Å²) in [5.41, 5.74) is 0.806. The second-order valence-electron chi connectivity index (χ2n) is 5.80. The van der Waals surface area contributed by atoms with E-state index in [9.17, 15) is 19.7 Å². The van der Waals surface area contributed by atoms with Gasteiger partial charge in [0, 0.05) is 28.7 Å². The number of rotatable bonds is 6. The molecule has 3 rings (SSSR count). The molecule has 1 N–H and O–H groups in total. The summed E-state index contributed by atoms with van der Waals surface area (Å²) in [6, 6.07) is 11.0. The molecule has 8 nitrogen and oxygen atoms in total. The SMILES string of the molecule is COc1ccc(C(=O)OC(C)C(=O)c2c[nH]c3ccccc23)cc1[N+](=O)[O-]. The van der Waals surface area contributed by atoms with E-state index in [1.807, 2.05) is 12.1 Å². The van der Waals surface area contributed by atoms with E-state index in [-0.39, 0.29) is 22.8 Å². The first kappa shape index (κ1) is 18.1. The maximum atomic E-state index is 12.6. The van der Waals surface area contributed by atoms with Crippen LogP contribution in [0.3, 0.4) is 0 Å². The number of aromatic amines is 1. The number of hydrogen-bond donors (Lipinski definition) is 1. The van der Waals surface area contributed by atoms with E-state index < -0.39 is 17.0 Å². The Morgan fingerprint density at radius 1 is 1.19 bits per heavy atom. The molecule has 0 radical (unpaired) electrons. The van der Waals surface area contributed by atoms with Gasteiger partial charge in [-0.2, -0.15) is 0 Å². The number of nitro benzene ring substituents is 1. The lowest BCUT2D eigenvalue weighted by atomic mass is 10.1. The number of nitrogens with zero attached hydrogens (tertiary/aromatic N) is 1. The van der Waals surface area contributed by atoms with Crippen molar-refractivity contribution in [2.24, 2.45) is 0 Å². The smallest absolute Gasteiger partial charge is 0.339 e. The molecule has 0 spiro atoms. The van der Waals surface area contributed by atoms with E-state index in [2.05, 4.69) is 4.98 Å². The molecule has 0 aliphatic heterocycles. The minimum absolute atomic E-state index is 0.0273. The number of nitro groups is 1. The van der Waals surface area contributed by atoms with Crippen LogP contribution in [0.2, 0.25) is 0 Å². The largest absolute Gasteiger partial charge is 0.490 e. The van der Waals surface area contributed by atoms with Crippen LogP contribution in [0.4, 0.5) is 5.69 Å². The minimum atomic E-state index is -1.06. The van der Waals surface area contributed by atoms with Crippen molar-refractivity contribution in [3.63, 3.8) is 0 Å². The van der Waals surface area contributed by atoms with Crippen LogP contribution in [0.5, 0.6) is 5.75 Å². The number of carbonyl (C=O) groups excluding carboxylic acids is 2. The highest BCUT2D eigenvalue weighted by atomic mass is 16.6. The Morgan fingerprint density at radius 2 is 1.93 bits per heavy atom. The van der Waals surface area contributed by atoms with Gasteiger partial charge < -0.3 is 14.5 Å². The van der Waals surface area contributed by atoms with E-state index in [1.54, 1.807) is 18.3 Å². The monoisotopic (exact) mass is 368 g/mol. The molecule has 3 aromatic rings. The summed E-state index contributed by atoms with van der Waals surface area (Å²) in [4.78, 5) is 38.4. The molecule has 0 aliphatic rings. The first-order chi connectivity index (χ1) is 12.9. The van der Waals surface area contributed by atoms with Crippen LogP contribution in [0, 0.1) is 10.1 Å². The summed E-state index contributed by atoms with van der Waals surface area (Å²) < 4.78 is 10.1. The molecule has 27 heavy (non-hydrogen) atoms. The Hall–Kier alpha value is -3.68. The number of carbonyl (C=O) groups is 2. The normalized spacial score (nSPS) is 11.8. The van der Waals surface area contributed by atoms with E-state index in [1.165, 1.54) is 26.2 Å². The Bertz CT molecular complexity index is 1040. The number of esters is 1. The molecule has 0 aliphatic carbocycles. The lowest BCUT2D eigenvalue weighted by Crippen LogP contribution is -2.24. The predicted octanol–water partition coefficient (Wildman–Crippen LogP) is 3.51. The van der Waals surface area contributed by atoms with Crippen molar-refractivity contribution in [3.8, 4) is 5.75 Å². The molecule has 138 valence electrons. The van der Waals surface area contributed by atoms with Gasteiger partial charge in [0.05, 0.1) is 17.6 Å². The molecule has 2 aromatic carbocycles. The summed E-state index contributed by atoms with van der Waals surface area (Å²) >= 11 is 0. The molecule has 0 amide bonds. The second kappa shape index (κ2) is 7.28. The third-order valence-electron chi connectivity index (χ3n) is 4.12. The van der Waals surface area contributed by atoms with Crippen molar-refractivity contribution in [1.29, 1.82) is 0 Å². The molecule has 1 unspecified atom stereocenters. The molecule has 1 atom stereocenters. The summed E-state index contributed by atoms with van der Waals surface area (Å²) in [5.74, 6) is -1.18. The number of methoxy groups -OCH3 is 1. The Balaban J connectivity index is 1.80. The maximum Gasteiger partial charge on any atom is 0.339 e. The van der Waals surface area contributed by atoms with Crippen LogP contribution in [0.15, 0.2) is 48.7 Å². The molecule has 0 fully saturated rings. The fraction of sp³-hybridized carbons (Fsp3) is 0.158. The van der Waals surface area contributed by atoms with Gasteiger partial charge in [-0.25, -0.2) is 4.79 Å². The van der Waals surface area contributed by atoms with Gasteiger partial charge >= 0.3 is 11.7 Å². The molecule has 1 heterocycles. The van der Waals surface area contributed by atoms with Crippen molar-refractivity contribution >= 4 is 28.3 Å². The highest BCUT2D eigenvalue weighted by Crippen LogP contribution is 2.28. The van der Waals surface area contributed by atoms with Crippen LogP contribution in [-0.4, -0.2) is 34.9 Å². The van der Waals surface area contributed by atoms with Crippen LogP contribution in [0.25, 0.3) is 10.9 Å². The Morgan fingerprint density at radius 3 is 2.63 bits per heavy atom. The lowest BCUT2D eigenvalue weighted by molar-refractivity contribution is -0.385. The number of hydrogen-bond acceptors (Lipinski definition) is 6. The van der Waals surface area contributed by atoms with Crippen molar-refractivity contribution in [3.05, 3.63) is 69.9 Å². The number of benzene rings is 2. The molecule has 0 bridgehead atoms. The van der Waals surface area contributed by atoms with Crippen molar-refractivity contribution in [1.82, 2.24) is 4.98 Å². The minimum Gasteiger partial charge on any atom is -0.490 e. The number of nitrogens with one attached hydrogen (secondary N) is 1. The van der Waals surface area contributed by atoms with Crippen LogP contribution >= 0.6 is 0 Å². The second-order valence-corrected chi connectivity index (χ2v) is 5.80. The summed E-state index contributed by atoms with van der Waals surface area (Å²) in [6.45, 7) is 1.46. The van der Waals surface area contributed by atoms with Gasteiger partial charge in [-0.1, -0.05) is 18.2 Å². The van der Waals surface area contributed by atoms with Crippen LogP contribution in [-0.2, 0) is 4.74 Å². The zero-order valence-electron chi connectivity index (χ0n) is 14.6. The maximum absolute atomic E-state index is 12.6. The van der Waals surface area contributed by atoms with Gasteiger partial charge in [0.2, 0.25) is 5.78 Å². The van der Waals surface area contributed by atoms with Gasteiger partial charge in [0.1, 0.15) is 0 Å². The third-order valence-corrected chi connectivity index (χ3v) is 4.12. The predicted molar refractivity (Wildman–Crippen MR) is 97.2 cm³/mol. The molecular weight excluding hydrogens is 352 g/mol. The van der Waals surface area contributed by atoms with Crippen LogP contribution < -0.4 is 4.74 Å². The van der Waals surface area contributed by atoms with E-state index in [0.29, 0.717) is 5.56 Å². The highest BCUT2D eigenvalue weighted by Gasteiger charge is 2.24. The van der Waals surface area contributed by atoms with Crippen molar-refractivity contribution in [2.45, 2.75) is 13.0 Å². The number of H-pyrrole nitrogens is 1. The van der Waals surface area contributed by atoms with Gasteiger partial charge in [0.25, 0.3) is 0 Å². The number of ether oxygens (including phenoxy) is 2. The van der Waals surface area contributed by atoms with Gasteiger partial charge in [-0.15, -0.1) is 0 Å². The third kappa shape index (κ3) is 3.50. The molecular formula is C19H16N2O6. The number of fused-ring (bicyclic) bond motifs is 1. The summed E-state index contributed by atoms with van der Waals surface area (Å²) in [7, 11) is 1.29. The van der Waals surface area contributed by atoms with Gasteiger partial charge in [-0.3, -0.25) is 14.9 Å². The highest BCUT2D eigenvalue weighted by molar-refractivity contribution is 6.10. The Kier molecular flexibility index (Phi) is 4.89. The fourth-order valence-electron chi connectivity index (χ4n) is 2.74. The molecule has 8 heteroatoms. The fourth-order valence-corrected chi connectivity index (χ4v) is 2.74. The standard InChI is InChI=1S/C19H16N2O6/c1-11(18(22)14-10-20-15-6-4-3-5-13(14)15)27-19(23)12-7-8-17(26-2)16(9-12)21(24)25/h3-11,20H,1-2H3. The number of Topliss-reactive ketones (excluding diaryl/α,β-unsaturated/α-hetero) is 1. The zero-order chi connectivity index (χ0) is 19.6. The average molecular weight is 368 g/mol. The van der Waals surface area contributed by atoms with E-state index in [0.717, 1.165) is 17.0 Å². The van der Waals surface area contributed by atoms with Gasteiger partial charge in [0.15, 0.2) is 11.9 Å². The van der Waals surface area contributed by atoms with Crippen LogP contribution in [0.1, 0.15) is 27.6 Å². The number of para-hydroxylation sites is 1. The van der Waals surface area contributed by atoms with Crippen molar-refractivity contribution in [2.75, 3.05) is 7.11 Å². The lowest BCUT2D eigenvalue weighted by Gasteiger charge is -2.12. The molecule has 0 saturated carbocycles.